The molecule has 0 aromatic heterocycles. The normalized spacial score (nSPS) is 10.2. The summed E-state index contributed by atoms with van der Waals surface area (Å²) in [4.78, 5) is 12.1. The average Bonchev–Trinajstić information content (AvgIpc) is 2.50. The number of hydrogen-bond acceptors (Lipinski definition) is 2. The number of carbonyl (C=O) groups is 1. The van der Waals surface area contributed by atoms with Crippen molar-refractivity contribution in [1.82, 2.24) is 0 Å². The molecule has 110 valence electrons. The van der Waals surface area contributed by atoms with Crippen molar-refractivity contribution in [3.05, 3.63) is 58.6 Å². The first kappa shape index (κ1) is 15.6. The van der Waals surface area contributed by atoms with Crippen LogP contribution >= 0.6 is 15.9 Å². The maximum atomic E-state index is 12.1. The van der Waals surface area contributed by atoms with Crippen molar-refractivity contribution in [2.45, 2.75) is 19.8 Å². The number of unbranched alkanes of at least 4 members (excludes halogenated alkanes) is 1. The minimum atomic E-state index is -0.103. The summed E-state index contributed by atoms with van der Waals surface area (Å²) >= 11 is 3.36. The maximum absolute atomic E-state index is 12.1. The first-order chi connectivity index (χ1) is 10.2. The molecule has 2 aromatic rings. The number of halogens is 1. The Balaban J connectivity index is 1.93. The Kier molecular flexibility index (Phi) is 5.81. The van der Waals surface area contributed by atoms with Crippen LogP contribution in [0.5, 0.6) is 0 Å². The zero-order chi connectivity index (χ0) is 15.1. The molecule has 4 heteroatoms. The van der Waals surface area contributed by atoms with E-state index < -0.39 is 0 Å². The second kappa shape index (κ2) is 7.84. The summed E-state index contributed by atoms with van der Waals surface area (Å²) in [6, 6.07) is 15.1. The second-order valence-corrected chi connectivity index (χ2v) is 5.73. The molecule has 21 heavy (non-hydrogen) atoms. The number of rotatable bonds is 6. The summed E-state index contributed by atoms with van der Waals surface area (Å²) in [6.07, 6.45) is 2.33. The van der Waals surface area contributed by atoms with Crippen LogP contribution in [-0.2, 0) is 0 Å². The lowest BCUT2D eigenvalue weighted by molar-refractivity contribution is 0.102. The lowest BCUT2D eigenvalue weighted by Gasteiger charge is -2.08. The van der Waals surface area contributed by atoms with Crippen molar-refractivity contribution in [3.8, 4) is 0 Å². The summed E-state index contributed by atoms with van der Waals surface area (Å²) in [6.45, 7) is 3.14. The van der Waals surface area contributed by atoms with Crippen LogP contribution in [0.4, 0.5) is 11.4 Å². The third-order valence-electron chi connectivity index (χ3n) is 3.11. The van der Waals surface area contributed by atoms with Gasteiger partial charge in [-0.25, -0.2) is 0 Å². The van der Waals surface area contributed by atoms with Gasteiger partial charge in [0.2, 0.25) is 0 Å². The molecule has 0 unspecified atom stereocenters. The third-order valence-corrected chi connectivity index (χ3v) is 3.64. The highest BCUT2D eigenvalue weighted by molar-refractivity contribution is 9.10. The Hall–Kier alpha value is -1.81. The van der Waals surface area contributed by atoms with E-state index in [-0.39, 0.29) is 5.91 Å². The SMILES string of the molecule is CCCCNc1ccc(NC(=O)c2ccc(Br)cc2)cc1. The fraction of sp³-hybridized carbons (Fsp3) is 0.235. The molecule has 0 saturated carbocycles. The number of benzene rings is 2. The van der Waals surface area contributed by atoms with E-state index in [0.717, 1.165) is 28.8 Å². The van der Waals surface area contributed by atoms with Crippen LogP contribution in [0, 0.1) is 0 Å². The summed E-state index contributed by atoms with van der Waals surface area (Å²) in [5.74, 6) is -0.103. The molecule has 0 heterocycles. The minimum absolute atomic E-state index is 0.103. The van der Waals surface area contributed by atoms with E-state index in [2.05, 4.69) is 33.5 Å². The van der Waals surface area contributed by atoms with Crippen molar-refractivity contribution in [3.63, 3.8) is 0 Å². The summed E-state index contributed by atoms with van der Waals surface area (Å²) in [5, 5.41) is 6.24. The van der Waals surface area contributed by atoms with Gasteiger partial charge in [-0.3, -0.25) is 4.79 Å². The molecule has 3 nitrogen and oxygen atoms in total. The van der Waals surface area contributed by atoms with Crippen molar-refractivity contribution >= 4 is 33.2 Å². The number of nitrogens with one attached hydrogen (secondary N) is 2. The molecule has 0 aliphatic rings. The van der Waals surface area contributed by atoms with E-state index in [1.54, 1.807) is 12.1 Å². The monoisotopic (exact) mass is 346 g/mol. The van der Waals surface area contributed by atoms with Gasteiger partial charge in [-0.05, 0) is 55.0 Å². The van der Waals surface area contributed by atoms with Crippen LogP contribution in [0.25, 0.3) is 0 Å². The zero-order valence-corrected chi connectivity index (χ0v) is 13.6. The van der Waals surface area contributed by atoms with Crippen molar-refractivity contribution in [2.75, 3.05) is 17.2 Å². The predicted octanol–water partition coefficient (Wildman–Crippen LogP) is 4.91. The number of hydrogen-bond donors (Lipinski definition) is 2. The molecular formula is C17H19BrN2O. The highest BCUT2D eigenvalue weighted by Crippen LogP contribution is 2.16. The van der Waals surface area contributed by atoms with Gasteiger partial charge in [0.15, 0.2) is 0 Å². The van der Waals surface area contributed by atoms with E-state index >= 15 is 0 Å². The minimum Gasteiger partial charge on any atom is -0.385 e. The molecule has 2 rings (SSSR count). The third kappa shape index (κ3) is 4.90. The van der Waals surface area contributed by atoms with E-state index in [1.165, 1.54) is 6.42 Å². The Labute approximate surface area is 133 Å². The molecule has 1 amide bonds. The quantitative estimate of drug-likeness (QED) is 0.729. The molecule has 0 saturated heterocycles. The molecular weight excluding hydrogens is 328 g/mol. The van der Waals surface area contributed by atoms with Gasteiger partial charge in [0, 0.05) is 28.0 Å². The lowest BCUT2D eigenvalue weighted by Crippen LogP contribution is -2.11. The van der Waals surface area contributed by atoms with Crippen molar-refractivity contribution in [2.24, 2.45) is 0 Å². The van der Waals surface area contributed by atoms with Crippen LogP contribution < -0.4 is 10.6 Å². The van der Waals surface area contributed by atoms with Crippen LogP contribution in [0.3, 0.4) is 0 Å². The summed E-state index contributed by atoms with van der Waals surface area (Å²) < 4.78 is 0.960. The van der Waals surface area contributed by atoms with Gasteiger partial charge in [-0.1, -0.05) is 29.3 Å². The topological polar surface area (TPSA) is 41.1 Å². The first-order valence-electron chi connectivity index (χ1n) is 7.10. The van der Waals surface area contributed by atoms with E-state index in [0.29, 0.717) is 5.56 Å². The number of carbonyl (C=O) groups excluding carboxylic acids is 1. The average molecular weight is 347 g/mol. The molecule has 2 N–H and O–H groups in total. The standard InChI is InChI=1S/C17H19BrN2O/c1-2-3-12-19-15-8-10-16(11-9-15)20-17(21)13-4-6-14(18)7-5-13/h4-11,19H,2-3,12H2,1H3,(H,20,21). The van der Waals surface area contributed by atoms with Gasteiger partial charge in [0.25, 0.3) is 5.91 Å². The van der Waals surface area contributed by atoms with Crippen LogP contribution in [0.1, 0.15) is 30.1 Å². The van der Waals surface area contributed by atoms with Gasteiger partial charge in [0.05, 0.1) is 0 Å². The summed E-state index contributed by atoms with van der Waals surface area (Å²) in [5.41, 5.74) is 2.51. The van der Waals surface area contributed by atoms with Gasteiger partial charge >= 0.3 is 0 Å². The van der Waals surface area contributed by atoms with Gasteiger partial charge in [-0.2, -0.15) is 0 Å². The second-order valence-electron chi connectivity index (χ2n) is 4.82. The van der Waals surface area contributed by atoms with Crippen molar-refractivity contribution in [1.29, 1.82) is 0 Å². The Morgan fingerprint density at radius 2 is 1.62 bits per heavy atom. The van der Waals surface area contributed by atoms with Gasteiger partial charge in [-0.15, -0.1) is 0 Å². The fourth-order valence-electron chi connectivity index (χ4n) is 1.89. The van der Waals surface area contributed by atoms with E-state index in [1.807, 2.05) is 36.4 Å². The molecule has 0 fully saturated rings. The maximum Gasteiger partial charge on any atom is 0.255 e. The lowest BCUT2D eigenvalue weighted by atomic mass is 10.2. The fourth-order valence-corrected chi connectivity index (χ4v) is 2.15. The number of anilines is 2. The molecule has 2 aromatic carbocycles. The molecule has 0 aliphatic carbocycles. The van der Waals surface area contributed by atoms with E-state index in [4.69, 9.17) is 0 Å². The molecule has 0 radical (unpaired) electrons. The van der Waals surface area contributed by atoms with Gasteiger partial charge in [0.1, 0.15) is 0 Å². The molecule has 0 spiro atoms. The zero-order valence-electron chi connectivity index (χ0n) is 12.0. The summed E-state index contributed by atoms with van der Waals surface area (Å²) in [7, 11) is 0. The Morgan fingerprint density at radius 1 is 1.00 bits per heavy atom. The Morgan fingerprint density at radius 3 is 2.24 bits per heavy atom. The molecule has 0 aliphatic heterocycles. The predicted molar refractivity (Wildman–Crippen MR) is 91.9 cm³/mol. The Bertz CT molecular complexity index is 579. The van der Waals surface area contributed by atoms with Gasteiger partial charge < -0.3 is 10.6 Å². The number of amides is 1. The van der Waals surface area contributed by atoms with Crippen molar-refractivity contribution < 1.29 is 4.79 Å². The highest BCUT2D eigenvalue weighted by atomic mass is 79.9. The molecule has 0 bridgehead atoms. The van der Waals surface area contributed by atoms with Crippen LogP contribution in [-0.4, -0.2) is 12.5 Å². The molecule has 0 atom stereocenters. The van der Waals surface area contributed by atoms with Crippen LogP contribution in [0.15, 0.2) is 53.0 Å². The highest BCUT2D eigenvalue weighted by Gasteiger charge is 2.05. The first-order valence-corrected chi connectivity index (χ1v) is 7.89. The smallest absolute Gasteiger partial charge is 0.255 e. The largest absolute Gasteiger partial charge is 0.385 e. The van der Waals surface area contributed by atoms with Crippen LogP contribution in [0.2, 0.25) is 0 Å². The van der Waals surface area contributed by atoms with E-state index in [9.17, 15) is 4.79 Å².